The van der Waals surface area contributed by atoms with E-state index in [2.05, 4.69) is 33.1 Å². The normalized spacial score (nSPS) is 17.1. The summed E-state index contributed by atoms with van der Waals surface area (Å²) in [6.45, 7) is 5.74. The summed E-state index contributed by atoms with van der Waals surface area (Å²) < 4.78 is 13.8. The Bertz CT molecular complexity index is 1400. The second kappa shape index (κ2) is 10.9. The number of ether oxygens (including phenoxy) is 2. The lowest BCUT2D eigenvalue weighted by Gasteiger charge is -2.29. The van der Waals surface area contributed by atoms with Crippen LogP contribution in [-0.4, -0.2) is 66.3 Å². The Balaban J connectivity index is 1.42. The molecule has 0 bridgehead atoms. The molecular weight excluding hydrogens is 484 g/mol. The van der Waals surface area contributed by atoms with Crippen molar-refractivity contribution in [2.24, 2.45) is 0 Å². The molecule has 2 aliphatic heterocycles. The molecule has 0 saturated carbocycles. The van der Waals surface area contributed by atoms with Crippen molar-refractivity contribution in [3.05, 3.63) is 59.0 Å². The first-order valence-corrected chi connectivity index (χ1v) is 13.0. The van der Waals surface area contributed by atoms with Gasteiger partial charge in [0.1, 0.15) is 11.5 Å². The number of aliphatic hydroxyl groups excluding tert-OH is 1. The first kappa shape index (κ1) is 25.8. The number of likely N-dealkylation sites (tertiary alicyclic amines) is 1. The number of hydrogen-bond acceptors (Lipinski definition) is 6. The number of Topliss-reactive ketones (excluding diaryl/α,β-unsaturated/α-hetero) is 1. The molecule has 9 nitrogen and oxygen atoms in total. The van der Waals surface area contributed by atoms with Gasteiger partial charge in [0, 0.05) is 54.5 Å². The lowest BCUT2D eigenvalue weighted by Crippen LogP contribution is -2.36. The number of benzene rings is 2. The summed E-state index contributed by atoms with van der Waals surface area (Å²) in [5.41, 5.74) is 3.96. The fraction of sp³-hybridized carbons (Fsp3) is 0.379. The standard InChI is InChI=1S/C29H34N4O5/c1-18-22(17-27-28(35)24-15-19(31-29(36)30-2)5-8-26(24)38-27)23-16-21(37-3)6-7-25(23)33(18)12-4-11-32-13-9-20(34)10-14-32/h5-8,15-17,20,34H,4,9-14H2,1-3H3,(H2,30,31,36). The number of urea groups is 1. The van der Waals surface area contributed by atoms with Gasteiger partial charge in [-0.2, -0.15) is 0 Å². The van der Waals surface area contributed by atoms with Crippen LogP contribution in [0.1, 0.15) is 40.9 Å². The van der Waals surface area contributed by atoms with Gasteiger partial charge >= 0.3 is 6.03 Å². The number of carbonyl (C=O) groups excluding carboxylic acids is 2. The van der Waals surface area contributed by atoms with E-state index in [1.807, 2.05) is 18.2 Å². The van der Waals surface area contributed by atoms with Crippen molar-refractivity contribution in [1.82, 2.24) is 14.8 Å². The molecule has 0 atom stereocenters. The summed E-state index contributed by atoms with van der Waals surface area (Å²) in [4.78, 5) is 27.4. The van der Waals surface area contributed by atoms with Crippen LogP contribution in [0, 0.1) is 6.92 Å². The van der Waals surface area contributed by atoms with Crippen LogP contribution in [0.4, 0.5) is 10.5 Å². The maximum Gasteiger partial charge on any atom is 0.318 e. The molecule has 0 spiro atoms. The number of nitrogens with zero attached hydrogens (tertiary/aromatic N) is 2. The zero-order valence-electron chi connectivity index (χ0n) is 22.0. The predicted octanol–water partition coefficient (Wildman–Crippen LogP) is 4.17. The molecule has 0 unspecified atom stereocenters. The largest absolute Gasteiger partial charge is 0.497 e. The second-order valence-electron chi connectivity index (χ2n) is 9.82. The van der Waals surface area contributed by atoms with E-state index < -0.39 is 0 Å². The minimum Gasteiger partial charge on any atom is -0.497 e. The van der Waals surface area contributed by atoms with Crippen LogP contribution < -0.4 is 20.1 Å². The highest BCUT2D eigenvalue weighted by Gasteiger charge is 2.29. The molecule has 38 heavy (non-hydrogen) atoms. The van der Waals surface area contributed by atoms with E-state index in [-0.39, 0.29) is 23.7 Å². The number of allylic oxidation sites excluding steroid dienone is 1. The second-order valence-corrected chi connectivity index (χ2v) is 9.82. The average Bonchev–Trinajstić information content (AvgIpc) is 3.37. The molecule has 0 aliphatic carbocycles. The quantitative estimate of drug-likeness (QED) is 0.406. The van der Waals surface area contributed by atoms with Crippen LogP contribution >= 0.6 is 0 Å². The fourth-order valence-corrected chi connectivity index (χ4v) is 5.27. The Labute approximate surface area is 222 Å². The summed E-state index contributed by atoms with van der Waals surface area (Å²) in [6, 6.07) is 10.7. The van der Waals surface area contributed by atoms with Gasteiger partial charge < -0.3 is 34.7 Å². The molecule has 3 N–H and O–H groups in total. The van der Waals surface area contributed by atoms with Crippen LogP contribution in [0.3, 0.4) is 0 Å². The summed E-state index contributed by atoms with van der Waals surface area (Å²) in [5, 5.41) is 16.0. The molecule has 0 radical (unpaired) electrons. The number of aromatic nitrogens is 1. The van der Waals surface area contributed by atoms with E-state index >= 15 is 0 Å². The third-order valence-electron chi connectivity index (χ3n) is 7.42. The number of hydrogen-bond donors (Lipinski definition) is 3. The molecule has 200 valence electrons. The topological polar surface area (TPSA) is 105 Å². The van der Waals surface area contributed by atoms with E-state index in [1.54, 1.807) is 25.3 Å². The number of fused-ring (bicyclic) bond motifs is 2. The third-order valence-corrected chi connectivity index (χ3v) is 7.42. The van der Waals surface area contributed by atoms with Gasteiger partial charge in [-0.25, -0.2) is 4.79 Å². The van der Waals surface area contributed by atoms with E-state index in [4.69, 9.17) is 9.47 Å². The Kier molecular flexibility index (Phi) is 7.40. The molecular formula is C29H34N4O5. The van der Waals surface area contributed by atoms with Gasteiger partial charge in [-0.1, -0.05) is 0 Å². The minimum absolute atomic E-state index is 0.169. The number of piperidine rings is 1. The number of nitrogens with one attached hydrogen (secondary N) is 2. The van der Waals surface area contributed by atoms with E-state index in [9.17, 15) is 14.7 Å². The fourth-order valence-electron chi connectivity index (χ4n) is 5.27. The highest BCUT2D eigenvalue weighted by molar-refractivity contribution is 6.16. The van der Waals surface area contributed by atoms with Crippen LogP contribution in [0.25, 0.3) is 17.0 Å². The van der Waals surface area contributed by atoms with Crippen LogP contribution in [0.5, 0.6) is 11.5 Å². The molecule has 3 aromatic rings. The summed E-state index contributed by atoms with van der Waals surface area (Å²) in [7, 11) is 3.17. The maximum atomic E-state index is 13.3. The molecule has 1 saturated heterocycles. The Hall–Kier alpha value is -3.82. The number of amides is 2. The Morgan fingerprint density at radius 1 is 1.18 bits per heavy atom. The van der Waals surface area contributed by atoms with Crippen molar-refractivity contribution in [2.45, 2.75) is 38.8 Å². The molecule has 1 fully saturated rings. The van der Waals surface area contributed by atoms with Crippen molar-refractivity contribution in [3.8, 4) is 11.5 Å². The maximum absolute atomic E-state index is 13.3. The summed E-state index contributed by atoms with van der Waals surface area (Å²) in [6.07, 6.45) is 4.29. The minimum atomic E-state index is -0.359. The van der Waals surface area contributed by atoms with Gasteiger partial charge in [0.05, 0.1) is 18.8 Å². The van der Waals surface area contributed by atoms with Crippen molar-refractivity contribution in [2.75, 3.05) is 39.1 Å². The smallest absolute Gasteiger partial charge is 0.318 e. The van der Waals surface area contributed by atoms with Crippen molar-refractivity contribution < 1.29 is 24.2 Å². The van der Waals surface area contributed by atoms with Gasteiger partial charge in [-0.15, -0.1) is 0 Å². The van der Waals surface area contributed by atoms with Gasteiger partial charge in [0.2, 0.25) is 5.78 Å². The predicted molar refractivity (Wildman–Crippen MR) is 147 cm³/mol. The number of anilines is 1. The Morgan fingerprint density at radius 3 is 2.71 bits per heavy atom. The molecule has 2 amide bonds. The lowest BCUT2D eigenvalue weighted by atomic mass is 10.1. The molecule has 2 aliphatic rings. The average molecular weight is 519 g/mol. The lowest BCUT2D eigenvalue weighted by molar-refractivity contribution is 0.0815. The Morgan fingerprint density at radius 2 is 1.97 bits per heavy atom. The first-order valence-electron chi connectivity index (χ1n) is 13.0. The molecule has 2 aromatic carbocycles. The van der Waals surface area contributed by atoms with Crippen LogP contribution in [-0.2, 0) is 6.54 Å². The number of aryl methyl sites for hydroxylation is 1. The van der Waals surface area contributed by atoms with Crippen molar-refractivity contribution in [1.29, 1.82) is 0 Å². The number of aliphatic hydroxyl groups is 1. The van der Waals surface area contributed by atoms with Crippen molar-refractivity contribution in [3.63, 3.8) is 0 Å². The SMILES string of the molecule is CNC(=O)Nc1ccc2c(c1)C(=O)C(=Cc1c(C)n(CCCN3CCC(O)CC3)c3ccc(OC)cc13)O2. The van der Waals surface area contributed by atoms with Gasteiger partial charge in [0.15, 0.2) is 5.76 Å². The number of carbonyl (C=O) groups is 2. The van der Waals surface area contributed by atoms with Gasteiger partial charge in [-0.05, 0) is 75.2 Å². The van der Waals surface area contributed by atoms with E-state index in [1.165, 1.54) is 7.05 Å². The number of methoxy groups -OCH3 is 1. The van der Waals surface area contributed by atoms with E-state index in [0.717, 1.165) is 73.4 Å². The third kappa shape index (κ3) is 5.12. The monoisotopic (exact) mass is 518 g/mol. The molecule has 3 heterocycles. The first-order chi connectivity index (χ1) is 18.4. The molecule has 9 heteroatoms. The van der Waals surface area contributed by atoms with E-state index in [0.29, 0.717) is 17.0 Å². The highest BCUT2D eigenvalue weighted by atomic mass is 16.5. The summed E-state index contributed by atoms with van der Waals surface area (Å²) in [5.74, 6) is 1.23. The number of rotatable bonds is 7. The van der Waals surface area contributed by atoms with Crippen LogP contribution in [0.2, 0.25) is 0 Å². The summed E-state index contributed by atoms with van der Waals surface area (Å²) >= 11 is 0. The zero-order valence-corrected chi connectivity index (χ0v) is 22.0. The molecule has 5 rings (SSSR count). The highest BCUT2D eigenvalue weighted by Crippen LogP contribution is 2.37. The zero-order chi connectivity index (χ0) is 26.8. The van der Waals surface area contributed by atoms with Crippen molar-refractivity contribution >= 4 is 34.5 Å². The van der Waals surface area contributed by atoms with Gasteiger partial charge in [-0.3, -0.25) is 4.79 Å². The van der Waals surface area contributed by atoms with Crippen LogP contribution in [0.15, 0.2) is 42.2 Å². The van der Waals surface area contributed by atoms with Gasteiger partial charge in [0.25, 0.3) is 0 Å². The number of ketones is 1. The molecule has 1 aromatic heterocycles.